The second-order valence-corrected chi connectivity index (χ2v) is 8.15. The van der Waals surface area contributed by atoms with Gasteiger partial charge in [0.1, 0.15) is 12.4 Å². The molecule has 6 nitrogen and oxygen atoms in total. The normalized spacial score (nSPS) is 12.2. The number of ether oxygens (including phenoxy) is 3. The van der Waals surface area contributed by atoms with Crippen LogP contribution in [0.15, 0.2) is 40.9 Å². The highest BCUT2D eigenvalue weighted by Gasteiger charge is 2.18. The molecule has 1 atom stereocenters. The molecule has 0 bridgehead atoms. The summed E-state index contributed by atoms with van der Waals surface area (Å²) in [5, 5.41) is 5.81. The second-order valence-electron chi connectivity index (χ2n) is 7.24. The number of methoxy groups -OCH3 is 1. The number of hydrogen-bond acceptors (Lipinski definition) is 5. The number of halogens is 1. The third-order valence-electron chi connectivity index (χ3n) is 4.80. The molecule has 0 N–H and O–H groups in total. The summed E-state index contributed by atoms with van der Waals surface area (Å²) in [6, 6.07) is 11.8. The molecule has 1 aromatic heterocycles. The zero-order chi connectivity index (χ0) is 21.7. The van der Waals surface area contributed by atoms with Gasteiger partial charge in [0.25, 0.3) is 0 Å². The number of carbonyl (C=O) groups is 1. The third-order valence-corrected chi connectivity index (χ3v) is 5.30. The Hall–Kier alpha value is -2.38. The first kappa shape index (κ1) is 22.3. The van der Waals surface area contributed by atoms with Gasteiger partial charge in [-0.1, -0.05) is 28.1 Å². The van der Waals surface area contributed by atoms with Crippen molar-refractivity contribution in [3.05, 3.63) is 57.7 Å². The first-order chi connectivity index (χ1) is 14.4. The molecular weight excluding hydrogens is 448 g/mol. The van der Waals surface area contributed by atoms with E-state index < -0.39 is 0 Å². The Balaban J connectivity index is 1.82. The van der Waals surface area contributed by atoms with Crippen molar-refractivity contribution in [1.29, 1.82) is 0 Å². The molecule has 0 aliphatic rings. The van der Waals surface area contributed by atoms with Gasteiger partial charge in [0, 0.05) is 22.5 Å². The SMILES string of the molecule is CCOC(=O)Cc1ccc(C)cc1OCC(C)n1nc2ccc(Br)cc2c1COC. The number of aryl methyl sites for hydroxylation is 1. The van der Waals surface area contributed by atoms with Crippen molar-refractivity contribution < 1.29 is 19.0 Å². The molecule has 30 heavy (non-hydrogen) atoms. The highest BCUT2D eigenvalue weighted by molar-refractivity contribution is 9.10. The lowest BCUT2D eigenvalue weighted by atomic mass is 10.1. The van der Waals surface area contributed by atoms with Crippen molar-refractivity contribution in [2.75, 3.05) is 20.3 Å². The number of esters is 1. The minimum atomic E-state index is -0.259. The van der Waals surface area contributed by atoms with Crippen LogP contribution in [-0.2, 0) is 27.3 Å². The molecule has 0 aliphatic carbocycles. The summed E-state index contributed by atoms with van der Waals surface area (Å²) in [5.74, 6) is 0.438. The molecule has 7 heteroatoms. The Morgan fingerprint density at radius 1 is 1.23 bits per heavy atom. The molecule has 0 saturated carbocycles. The van der Waals surface area contributed by atoms with Gasteiger partial charge in [0.15, 0.2) is 0 Å². The molecule has 0 saturated heterocycles. The largest absolute Gasteiger partial charge is 0.491 e. The Kier molecular flexibility index (Phi) is 7.50. The number of nitrogens with zero attached hydrogens (tertiary/aromatic N) is 2. The van der Waals surface area contributed by atoms with E-state index >= 15 is 0 Å². The minimum Gasteiger partial charge on any atom is -0.491 e. The number of rotatable bonds is 9. The number of fused-ring (bicyclic) bond motifs is 1. The molecule has 0 amide bonds. The fourth-order valence-electron chi connectivity index (χ4n) is 3.36. The van der Waals surface area contributed by atoms with Crippen LogP contribution in [0, 0.1) is 6.92 Å². The van der Waals surface area contributed by atoms with Crippen molar-refractivity contribution >= 4 is 32.8 Å². The van der Waals surface area contributed by atoms with Crippen LogP contribution in [-0.4, -0.2) is 36.1 Å². The predicted octanol–water partition coefficient (Wildman–Crippen LogP) is 5.00. The van der Waals surface area contributed by atoms with Crippen LogP contribution in [0.25, 0.3) is 10.9 Å². The maximum atomic E-state index is 11.9. The average Bonchev–Trinajstić information content (AvgIpc) is 3.06. The minimum absolute atomic E-state index is 0.0303. The molecule has 0 spiro atoms. The summed E-state index contributed by atoms with van der Waals surface area (Å²) in [6.07, 6.45) is 0.187. The standard InChI is InChI=1S/C23H27BrN2O4/c1-5-29-23(27)11-17-7-6-15(2)10-22(17)30-13-16(3)26-21(14-28-4)19-12-18(24)8-9-20(19)25-26/h6-10,12,16H,5,11,13-14H2,1-4H3. The molecule has 0 radical (unpaired) electrons. The summed E-state index contributed by atoms with van der Waals surface area (Å²) >= 11 is 3.53. The Morgan fingerprint density at radius 2 is 2.03 bits per heavy atom. The molecule has 0 aliphatic heterocycles. The molecule has 3 aromatic rings. The van der Waals surface area contributed by atoms with Crippen LogP contribution < -0.4 is 4.74 Å². The van der Waals surface area contributed by atoms with Crippen molar-refractivity contribution in [3.63, 3.8) is 0 Å². The maximum Gasteiger partial charge on any atom is 0.310 e. The van der Waals surface area contributed by atoms with Gasteiger partial charge in [-0.3, -0.25) is 9.48 Å². The van der Waals surface area contributed by atoms with Gasteiger partial charge in [0.2, 0.25) is 0 Å². The zero-order valence-corrected chi connectivity index (χ0v) is 19.4. The van der Waals surface area contributed by atoms with Gasteiger partial charge in [-0.2, -0.15) is 5.10 Å². The van der Waals surface area contributed by atoms with Crippen molar-refractivity contribution in [1.82, 2.24) is 9.78 Å². The average molecular weight is 475 g/mol. The van der Waals surface area contributed by atoms with E-state index in [0.717, 1.165) is 32.2 Å². The number of aromatic nitrogens is 2. The van der Waals surface area contributed by atoms with Gasteiger partial charge in [-0.15, -0.1) is 0 Å². The van der Waals surface area contributed by atoms with E-state index in [4.69, 9.17) is 19.3 Å². The van der Waals surface area contributed by atoms with E-state index in [2.05, 4.69) is 28.9 Å². The van der Waals surface area contributed by atoms with E-state index in [0.29, 0.717) is 25.6 Å². The quantitative estimate of drug-likeness (QED) is 0.408. The van der Waals surface area contributed by atoms with E-state index in [1.54, 1.807) is 14.0 Å². The third kappa shape index (κ3) is 5.21. The molecule has 1 unspecified atom stereocenters. The topological polar surface area (TPSA) is 62.6 Å². The predicted molar refractivity (Wildman–Crippen MR) is 120 cm³/mol. The van der Waals surface area contributed by atoms with Crippen LogP contribution in [0.4, 0.5) is 0 Å². The molecule has 160 valence electrons. The van der Waals surface area contributed by atoms with Crippen molar-refractivity contribution in [2.24, 2.45) is 0 Å². The van der Waals surface area contributed by atoms with Crippen molar-refractivity contribution in [2.45, 2.75) is 39.8 Å². The van der Waals surface area contributed by atoms with Gasteiger partial charge in [-0.25, -0.2) is 0 Å². The summed E-state index contributed by atoms with van der Waals surface area (Å²) < 4.78 is 19.6. The number of benzene rings is 2. The molecule has 2 aromatic carbocycles. The van der Waals surface area contributed by atoms with Gasteiger partial charge >= 0.3 is 5.97 Å². The van der Waals surface area contributed by atoms with Crippen LogP contribution >= 0.6 is 15.9 Å². The Labute approximate surface area is 185 Å². The van der Waals surface area contributed by atoms with Crippen LogP contribution in [0.2, 0.25) is 0 Å². The highest BCUT2D eigenvalue weighted by Crippen LogP contribution is 2.27. The van der Waals surface area contributed by atoms with Gasteiger partial charge < -0.3 is 14.2 Å². The fraction of sp³-hybridized carbons (Fsp3) is 0.391. The summed E-state index contributed by atoms with van der Waals surface area (Å²) in [4.78, 5) is 11.9. The van der Waals surface area contributed by atoms with E-state index in [1.165, 1.54) is 0 Å². The highest BCUT2D eigenvalue weighted by atomic mass is 79.9. The Morgan fingerprint density at radius 3 is 2.77 bits per heavy atom. The molecule has 0 fully saturated rings. The fourth-order valence-corrected chi connectivity index (χ4v) is 3.72. The number of hydrogen-bond donors (Lipinski definition) is 0. The van der Waals surface area contributed by atoms with E-state index in [-0.39, 0.29) is 18.4 Å². The lowest BCUT2D eigenvalue weighted by Gasteiger charge is -2.18. The summed E-state index contributed by atoms with van der Waals surface area (Å²) in [6.45, 7) is 7.08. The maximum absolute atomic E-state index is 11.9. The van der Waals surface area contributed by atoms with E-state index in [1.807, 2.05) is 41.9 Å². The van der Waals surface area contributed by atoms with Crippen LogP contribution in [0.1, 0.15) is 36.7 Å². The molecule has 3 rings (SSSR count). The Bertz CT molecular complexity index is 1030. The first-order valence-electron chi connectivity index (χ1n) is 9.96. The number of carbonyl (C=O) groups excluding carboxylic acids is 1. The lowest BCUT2D eigenvalue weighted by molar-refractivity contribution is -0.142. The van der Waals surface area contributed by atoms with Gasteiger partial charge in [-0.05, 0) is 50.6 Å². The van der Waals surface area contributed by atoms with Crippen LogP contribution in [0.5, 0.6) is 5.75 Å². The molecular formula is C23H27BrN2O4. The second kappa shape index (κ2) is 10.1. The zero-order valence-electron chi connectivity index (χ0n) is 17.8. The van der Waals surface area contributed by atoms with E-state index in [9.17, 15) is 4.79 Å². The summed E-state index contributed by atoms with van der Waals surface area (Å²) in [7, 11) is 1.68. The smallest absolute Gasteiger partial charge is 0.310 e. The van der Waals surface area contributed by atoms with Crippen molar-refractivity contribution in [3.8, 4) is 5.75 Å². The lowest BCUT2D eigenvalue weighted by Crippen LogP contribution is -2.19. The summed E-state index contributed by atoms with van der Waals surface area (Å²) in [5.41, 5.74) is 3.80. The van der Waals surface area contributed by atoms with Crippen LogP contribution in [0.3, 0.4) is 0 Å². The molecule has 1 heterocycles. The first-order valence-corrected chi connectivity index (χ1v) is 10.8. The monoisotopic (exact) mass is 474 g/mol. The van der Waals surface area contributed by atoms with Gasteiger partial charge in [0.05, 0.1) is 36.9 Å².